The third kappa shape index (κ3) is 2.30. The van der Waals surface area contributed by atoms with E-state index in [1.165, 1.54) is 33.4 Å². The van der Waals surface area contributed by atoms with E-state index < -0.39 is 0 Å². The summed E-state index contributed by atoms with van der Waals surface area (Å²) in [6, 6.07) is 8.56. The van der Waals surface area contributed by atoms with Crippen LogP contribution in [0.2, 0.25) is 0 Å². The number of aromatic nitrogens is 4. The molecule has 5 rings (SSSR count). The van der Waals surface area contributed by atoms with E-state index >= 15 is 0 Å². The first kappa shape index (κ1) is 15.1. The lowest BCUT2D eigenvalue weighted by Crippen LogP contribution is -1.97. The van der Waals surface area contributed by atoms with Crippen LogP contribution in [0.15, 0.2) is 66.3 Å². The zero-order chi connectivity index (χ0) is 17.7. The Bertz CT molecular complexity index is 1210. The van der Waals surface area contributed by atoms with Crippen molar-refractivity contribution in [3.05, 3.63) is 71.8 Å². The molecule has 0 atom stereocenters. The fourth-order valence-electron chi connectivity index (χ4n) is 4.01. The summed E-state index contributed by atoms with van der Waals surface area (Å²) in [5.41, 5.74) is 9.72. The first-order valence-electron chi connectivity index (χ1n) is 8.99. The van der Waals surface area contributed by atoms with Gasteiger partial charge in [0.15, 0.2) is 0 Å². The molecule has 0 amide bonds. The number of aromatic amines is 1. The Morgan fingerprint density at radius 2 is 2.08 bits per heavy atom. The van der Waals surface area contributed by atoms with Crippen LogP contribution in [0, 0.1) is 0 Å². The van der Waals surface area contributed by atoms with Crippen LogP contribution >= 0.6 is 0 Å². The highest BCUT2D eigenvalue weighted by atomic mass is 15.2. The Morgan fingerprint density at radius 1 is 1.15 bits per heavy atom. The van der Waals surface area contributed by atoms with E-state index in [-0.39, 0.29) is 1.43 Å². The molecule has 4 aromatic rings. The quantitative estimate of drug-likeness (QED) is 0.512. The molecule has 0 saturated heterocycles. The van der Waals surface area contributed by atoms with Crippen LogP contribution in [0.3, 0.4) is 0 Å². The van der Waals surface area contributed by atoms with Crippen molar-refractivity contribution < 1.29 is 1.43 Å². The minimum Gasteiger partial charge on any atom is -0.346 e. The van der Waals surface area contributed by atoms with Gasteiger partial charge in [-0.1, -0.05) is 11.6 Å². The van der Waals surface area contributed by atoms with Gasteiger partial charge in [-0.2, -0.15) is 5.10 Å². The summed E-state index contributed by atoms with van der Waals surface area (Å²) in [7, 11) is 0. The highest BCUT2D eigenvalue weighted by Crippen LogP contribution is 2.35. The maximum absolute atomic E-state index is 4.69. The summed E-state index contributed by atoms with van der Waals surface area (Å²) in [5, 5.41) is 5.44. The van der Waals surface area contributed by atoms with Crippen molar-refractivity contribution in [2.45, 2.75) is 26.7 Å². The van der Waals surface area contributed by atoms with E-state index in [9.17, 15) is 0 Å². The largest absolute Gasteiger partial charge is 0.346 e. The molecule has 4 heterocycles. The van der Waals surface area contributed by atoms with Crippen LogP contribution in [-0.4, -0.2) is 19.6 Å². The molecule has 1 aliphatic rings. The normalized spacial score (nSPS) is 15.1. The van der Waals surface area contributed by atoms with E-state index in [1.807, 2.05) is 29.2 Å². The van der Waals surface area contributed by atoms with Gasteiger partial charge in [-0.3, -0.25) is 0 Å². The molecule has 0 aliphatic heterocycles. The molecular formula is C22H22N4. The van der Waals surface area contributed by atoms with Crippen LogP contribution < -0.4 is 0 Å². The van der Waals surface area contributed by atoms with Gasteiger partial charge in [0.25, 0.3) is 0 Å². The van der Waals surface area contributed by atoms with Crippen LogP contribution in [-0.2, 0) is 0 Å². The predicted molar refractivity (Wildman–Crippen MR) is 108 cm³/mol. The topological polar surface area (TPSA) is 46.0 Å². The van der Waals surface area contributed by atoms with Crippen molar-refractivity contribution in [1.29, 1.82) is 0 Å². The Hall–Kier alpha value is -3.14. The fraction of sp³-hybridized carbons (Fsp3) is 0.182. The van der Waals surface area contributed by atoms with Crippen LogP contribution in [0.5, 0.6) is 0 Å². The third-order valence-electron chi connectivity index (χ3n) is 5.32. The average Bonchev–Trinajstić information content (AvgIpc) is 3.27. The number of fused-ring (bicyclic) bond motifs is 2. The zero-order valence-electron chi connectivity index (χ0n) is 15.0. The number of pyridine rings is 2. The number of rotatable bonds is 2. The minimum atomic E-state index is 0. The molecule has 130 valence electrons. The molecule has 0 saturated carbocycles. The number of nitrogens with zero attached hydrogens (tertiary/aromatic N) is 3. The molecule has 1 N–H and O–H groups in total. The predicted octanol–water partition coefficient (Wildman–Crippen LogP) is 5.64. The van der Waals surface area contributed by atoms with Gasteiger partial charge in [0.1, 0.15) is 5.65 Å². The first-order chi connectivity index (χ1) is 12.7. The summed E-state index contributed by atoms with van der Waals surface area (Å²) in [5.74, 6) is 0. The Balaban J connectivity index is 0.00000180. The molecule has 0 radical (unpaired) electrons. The highest BCUT2D eigenvalue weighted by molar-refractivity contribution is 5.97. The Kier molecular flexibility index (Phi) is 3.32. The minimum absolute atomic E-state index is 0. The van der Waals surface area contributed by atoms with Crippen LogP contribution in [0.1, 0.15) is 33.7 Å². The molecule has 4 nitrogen and oxygen atoms in total. The van der Waals surface area contributed by atoms with Crippen molar-refractivity contribution in [1.82, 2.24) is 19.6 Å². The Morgan fingerprint density at radius 3 is 2.96 bits per heavy atom. The fourth-order valence-corrected chi connectivity index (χ4v) is 4.01. The standard InChI is InChI=1S/C22H20N4.H2/c1-14-4-3-5-15(2)21(14)17-11-19-20(13-24-22(19)23-12-17)16-7-9-26-18(10-16)6-8-25-26;/h4,6-13H,3,5H2,1-2H3,(H,23,24);1H. The summed E-state index contributed by atoms with van der Waals surface area (Å²) in [6.07, 6.45) is 12.5. The first-order valence-corrected chi connectivity index (χ1v) is 8.99. The highest BCUT2D eigenvalue weighted by Gasteiger charge is 2.15. The van der Waals surface area contributed by atoms with Gasteiger partial charge >= 0.3 is 0 Å². The van der Waals surface area contributed by atoms with Gasteiger partial charge in [-0.05, 0) is 67.7 Å². The maximum atomic E-state index is 4.69. The molecule has 0 unspecified atom stereocenters. The molecule has 26 heavy (non-hydrogen) atoms. The van der Waals surface area contributed by atoms with Gasteiger partial charge in [-0.15, -0.1) is 0 Å². The number of H-pyrrole nitrogens is 1. The van der Waals surface area contributed by atoms with E-state index in [1.54, 1.807) is 0 Å². The third-order valence-corrected chi connectivity index (χ3v) is 5.32. The van der Waals surface area contributed by atoms with E-state index in [0.717, 1.165) is 29.4 Å². The van der Waals surface area contributed by atoms with Crippen molar-refractivity contribution in [3.8, 4) is 11.1 Å². The maximum Gasteiger partial charge on any atom is 0.137 e. The number of allylic oxidation sites excluding steroid dienone is 4. The van der Waals surface area contributed by atoms with Gasteiger partial charge < -0.3 is 4.98 Å². The molecule has 4 aromatic heterocycles. The van der Waals surface area contributed by atoms with Gasteiger partial charge in [0, 0.05) is 42.7 Å². The molecule has 0 aromatic carbocycles. The summed E-state index contributed by atoms with van der Waals surface area (Å²) < 4.78 is 1.88. The van der Waals surface area contributed by atoms with Crippen molar-refractivity contribution in [3.63, 3.8) is 0 Å². The van der Waals surface area contributed by atoms with E-state index in [2.05, 4.69) is 59.4 Å². The Labute approximate surface area is 153 Å². The average molecular weight is 342 g/mol. The second-order valence-electron chi connectivity index (χ2n) is 7.02. The molecule has 0 bridgehead atoms. The second-order valence-corrected chi connectivity index (χ2v) is 7.02. The SMILES string of the molecule is CC1=CCCC(C)=C1c1cnc2[nH]cc(-c3ccn4nccc4c3)c2c1.[HH]. The molecule has 0 spiro atoms. The smallest absolute Gasteiger partial charge is 0.137 e. The summed E-state index contributed by atoms with van der Waals surface area (Å²) in [6.45, 7) is 4.44. The zero-order valence-corrected chi connectivity index (χ0v) is 15.0. The van der Waals surface area contributed by atoms with E-state index in [4.69, 9.17) is 0 Å². The monoisotopic (exact) mass is 342 g/mol. The van der Waals surface area contributed by atoms with Crippen molar-refractivity contribution in [2.75, 3.05) is 0 Å². The molecule has 0 fully saturated rings. The van der Waals surface area contributed by atoms with Gasteiger partial charge in [0.05, 0.1) is 5.52 Å². The lowest BCUT2D eigenvalue weighted by Gasteiger charge is -2.17. The molecular weight excluding hydrogens is 320 g/mol. The van der Waals surface area contributed by atoms with Crippen molar-refractivity contribution in [2.24, 2.45) is 0 Å². The van der Waals surface area contributed by atoms with Crippen LogP contribution in [0.25, 0.3) is 33.3 Å². The molecule has 1 aliphatic carbocycles. The number of hydrogen-bond acceptors (Lipinski definition) is 2. The molecule has 4 heteroatoms. The van der Waals surface area contributed by atoms with E-state index in [0.29, 0.717) is 0 Å². The lowest BCUT2D eigenvalue weighted by atomic mass is 9.88. The lowest BCUT2D eigenvalue weighted by molar-refractivity contribution is 0.952. The van der Waals surface area contributed by atoms with Crippen LogP contribution in [0.4, 0.5) is 0 Å². The van der Waals surface area contributed by atoms with Gasteiger partial charge in [-0.25, -0.2) is 9.50 Å². The number of nitrogens with one attached hydrogen (secondary N) is 1. The summed E-state index contributed by atoms with van der Waals surface area (Å²) in [4.78, 5) is 8.01. The van der Waals surface area contributed by atoms with Gasteiger partial charge in [0.2, 0.25) is 0 Å². The number of hydrogen-bond donors (Lipinski definition) is 1. The second kappa shape index (κ2) is 5.70. The summed E-state index contributed by atoms with van der Waals surface area (Å²) >= 11 is 0. The van der Waals surface area contributed by atoms with Crippen molar-refractivity contribution >= 4 is 22.1 Å².